The van der Waals surface area contributed by atoms with E-state index in [1.54, 1.807) is 55.6 Å². The molecule has 5 nitrogen and oxygen atoms in total. The molecule has 0 aliphatic carbocycles. The maximum atomic E-state index is 13.4. The number of ether oxygens (including phenoxy) is 1. The molecular weight excluding hydrogens is 503 g/mol. The first-order chi connectivity index (χ1) is 17.7. The van der Waals surface area contributed by atoms with E-state index in [4.69, 9.17) is 21.7 Å². The van der Waals surface area contributed by atoms with Crippen molar-refractivity contribution in [3.05, 3.63) is 94.5 Å². The van der Waals surface area contributed by atoms with Crippen LogP contribution in [0.2, 0.25) is 5.02 Å². The van der Waals surface area contributed by atoms with E-state index in [1.807, 2.05) is 29.2 Å². The predicted octanol–water partition coefficient (Wildman–Crippen LogP) is 7.42. The molecule has 3 aromatic carbocycles. The number of alkyl halides is 3. The summed E-state index contributed by atoms with van der Waals surface area (Å²) in [6, 6.07) is 20.4. The molecular formula is C28H25ClF3N3O2. The summed E-state index contributed by atoms with van der Waals surface area (Å²) >= 11 is 6.16. The molecule has 1 unspecified atom stereocenters. The molecule has 1 aliphatic rings. The van der Waals surface area contributed by atoms with Crippen molar-refractivity contribution in [1.82, 2.24) is 4.90 Å². The Morgan fingerprint density at radius 3 is 2.32 bits per heavy atom. The van der Waals surface area contributed by atoms with Crippen LogP contribution < -0.4 is 4.74 Å². The lowest BCUT2D eigenvalue weighted by Gasteiger charge is -2.25. The molecule has 1 fully saturated rings. The highest BCUT2D eigenvalue weighted by Crippen LogP contribution is 2.34. The third-order valence-electron chi connectivity index (χ3n) is 6.27. The van der Waals surface area contributed by atoms with Gasteiger partial charge in [0.15, 0.2) is 0 Å². The van der Waals surface area contributed by atoms with Crippen molar-refractivity contribution < 1.29 is 22.7 Å². The third kappa shape index (κ3) is 6.20. The fraction of sp³-hybridized carbons (Fsp3) is 0.250. The summed E-state index contributed by atoms with van der Waals surface area (Å²) in [4.78, 5) is 19.5. The van der Waals surface area contributed by atoms with Crippen LogP contribution in [0, 0.1) is 5.41 Å². The van der Waals surface area contributed by atoms with E-state index in [9.17, 15) is 18.0 Å². The van der Waals surface area contributed by atoms with E-state index in [2.05, 4.69) is 4.99 Å². The first-order valence-corrected chi connectivity index (χ1v) is 12.1. The molecule has 0 bridgehead atoms. The number of halogens is 4. The highest BCUT2D eigenvalue weighted by Gasteiger charge is 2.35. The first-order valence-electron chi connectivity index (χ1n) is 11.7. The maximum Gasteiger partial charge on any atom is 0.429 e. The summed E-state index contributed by atoms with van der Waals surface area (Å²) in [5, 5.41) is 7.77. The largest absolute Gasteiger partial charge is 0.497 e. The topological polar surface area (TPSA) is 65.8 Å². The molecule has 0 aromatic heterocycles. The summed E-state index contributed by atoms with van der Waals surface area (Å²) in [5.41, 5.74) is 0.729. The number of hydrogen-bond donors (Lipinski definition) is 1. The quantitative estimate of drug-likeness (QED) is 0.325. The molecule has 9 heteroatoms. The highest BCUT2D eigenvalue weighted by molar-refractivity contribution is 6.33. The van der Waals surface area contributed by atoms with Gasteiger partial charge in [0, 0.05) is 18.5 Å². The fourth-order valence-corrected chi connectivity index (χ4v) is 4.49. The standard InChI is InChI=1S/C28H25ClF3N3O2/c1-37-21-14-12-19(13-15-21)25-7-4-16-35(25)27(36)20-10-8-18(9-11-20)24(17-26(33)28(30,31)32)34-23-6-3-2-5-22(23)29/h2-3,5-6,8-15,25,33H,4,7,16-17H2,1H3. The molecule has 0 saturated carbocycles. The van der Waals surface area contributed by atoms with E-state index in [-0.39, 0.29) is 22.7 Å². The summed E-state index contributed by atoms with van der Waals surface area (Å²) in [6.45, 7) is 0.610. The number of hydrogen-bond acceptors (Lipinski definition) is 4. The summed E-state index contributed by atoms with van der Waals surface area (Å²) in [5.74, 6) is 0.584. The maximum absolute atomic E-state index is 13.4. The second-order valence-corrected chi connectivity index (χ2v) is 9.08. The molecule has 1 heterocycles. The van der Waals surface area contributed by atoms with Gasteiger partial charge in [-0.15, -0.1) is 0 Å². The number of amides is 1. The zero-order chi connectivity index (χ0) is 26.6. The van der Waals surface area contributed by atoms with Crippen molar-refractivity contribution in [2.45, 2.75) is 31.5 Å². The molecule has 1 saturated heterocycles. The Kier molecular flexibility index (Phi) is 7.97. The molecule has 1 N–H and O–H groups in total. The number of aliphatic imine (C=N–C) groups is 1. The number of methoxy groups -OCH3 is 1. The molecule has 4 rings (SSSR count). The summed E-state index contributed by atoms with van der Waals surface area (Å²) in [6.07, 6.45) is -3.80. The number of benzene rings is 3. The lowest BCUT2D eigenvalue weighted by atomic mass is 10.0. The zero-order valence-corrected chi connectivity index (χ0v) is 20.8. The minimum atomic E-state index is -4.77. The van der Waals surface area contributed by atoms with Crippen molar-refractivity contribution in [1.29, 1.82) is 5.41 Å². The number of carbonyl (C=O) groups excluding carboxylic acids is 1. The molecule has 0 spiro atoms. The van der Waals surface area contributed by atoms with Crippen LogP contribution >= 0.6 is 11.6 Å². The van der Waals surface area contributed by atoms with Gasteiger partial charge in [-0.1, -0.05) is 48.0 Å². The van der Waals surface area contributed by atoms with E-state index >= 15 is 0 Å². The van der Waals surface area contributed by atoms with E-state index in [0.29, 0.717) is 23.4 Å². The molecule has 192 valence electrons. The van der Waals surface area contributed by atoms with Gasteiger partial charge < -0.3 is 15.0 Å². The zero-order valence-electron chi connectivity index (χ0n) is 20.1. The second-order valence-electron chi connectivity index (χ2n) is 8.67. The minimum Gasteiger partial charge on any atom is -0.497 e. The van der Waals surface area contributed by atoms with E-state index < -0.39 is 18.3 Å². The van der Waals surface area contributed by atoms with Gasteiger partial charge in [-0.05, 0) is 60.4 Å². The average Bonchev–Trinajstić information content (AvgIpc) is 3.38. The molecule has 1 atom stereocenters. The Hall–Kier alpha value is -3.65. The van der Waals surface area contributed by atoms with Gasteiger partial charge in [0.05, 0.1) is 29.6 Å². The van der Waals surface area contributed by atoms with Crippen molar-refractivity contribution in [2.75, 3.05) is 13.7 Å². The Morgan fingerprint density at radius 1 is 1.05 bits per heavy atom. The van der Waals surface area contributed by atoms with Gasteiger partial charge in [0.1, 0.15) is 11.5 Å². The number of likely N-dealkylation sites (tertiary alicyclic amines) is 1. The van der Waals surface area contributed by atoms with Gasteiger partial charge in [0.25, 0.3) is 5.91 Å². The van der Waals surface area contributed by atoms with Crippen LogP contribution in [0.25, 0.3) is 0 Å². The van der Waals surface area contributed by atoms with Gasteiger partial charge >= 0.3 is 6.18 Å². The Balaban J connectivity index is 1.59. The van der Waals surface area contributed by atoms with Gasteiger partial charge in [-0.25, -0.2) is 0 Å². The van der Waals surface area contributed by atoms with Crippen molar-refractivity contribution in [3.8, 4) is 5.75 Å². The lowest BCUT2D eigenvalue weighted by molar-refractivity contribution is -0.0605. The number of rotatable bonds is 7. The van der Waals surface area contributed by atoms with Crippen molar-refractivity contribution in [2.24, 2.45) is 4.99 Å². The number of para-hydroxylation sites is 1. The van der Waals surface area contributed by atoms with Crippen LogP contribution in [0.3, 0.4) is 0 Å². The van der Waals surface area contributed by atoms with Crippen molar-refractivity contribution in [3.63, 3.8) is 0 Å². The van der Waals surface area contributed by atoms with Crippen LogP contribution in [0.4, 0.5) is 18.9 Å². The summed E-state index contributed by atoms with van der Waals surface area (Å²) in [7, 11) is 1.60. The Bertz CT molecular complexity index is 1310. The molecule has 0 radical (unpaired) electrons. The fourth-order valence-electron chi connectivity index (χ4n) is 4.32. The number of nitrogens with zero attached hydrogens (tertiary/aromatic N) is 2. The third-order valence-corrected chi connectivity index (χ3v) is 6.59. The van der Waals surface area contributed by atoms with Crippen molar-refractivity contribution >= 4 is 34.6 Å². The van der Waals surface area contributed by atoms with Crippen LogP contribution in [0.15, 0.2) is 77.8 Å². The Morgan fingerprint density at radius 2 is 1.70 bits per heavy atom. The lowest BCUT2D eigenvalue weighted by Crippen LogP contribution is -2.30. The van der Waals surface area contributed by atoms with Gasteiger partial charge in [0.2, 0.25) is 0 Å². The molecule has 1 amide bonds. The van der Waals surface area contributed by atoms with E-state index in [0.717, 1.165) is 24.2 Å². The SMILES string of the molecule is COc1ccc(C2CCCN2C(=O)c2ccc(C(CC(=N)C(F)(F)F)=Nc3ccccc3Cl)cc2)cc1. The van der Waals surface area contributed by atoms with Gasteiger partial charge in [-0.3, -0.25) is 9.79 Å². The normalized spacial score (nSPS) is 16.1. The summed E-state index contributed by atoms with van der Waals surface area (Å²) < 4.78 is 44.6. The van der Waals surface area contributed by atoms with E-state index in [1.165, 1.54) is 0 Å². The number of nitrogens with one attached hydrogen (secondary N) is 1. The smallest absolute Gasteiger partial charge is 0.429 e. The van der Waals surface area contributed by atoms with Crippen LogP contribution in [0.5, 0.6) is 5.75 Å². The first kappa shape index (κ1) is 26.4. The second kappa shape index (κ2) is 11.2. The predicted molar refractivity (Wildman–Crippen MR) is 138 cm³/mol. The number of carbonyl (C=O) groups is 1. The van der Waals surface area contributed by atoms with Gasteiger partial charge in [-0.2, -0.15) is 13.2 Å². The van der Waals surface area contributed by atoms with Crippen LogP contribution in [0.1, 0.15) is 46.8 Å². The molecule has 1 aliphatic heterocycles. The monoisotopic (exact) mass is 527 g/mol. The van der Waals surface area contributed by atoms with Crippen LogP contribution in [-0.4, -0.2) is 42.1 Å². The average molecular weight is 528 g/mol. The Labute approximate surface area is 218 Å². The molecule has 3 aromatic rings. The molecule has 37 heavy (non-hydrogen) atoms. The highest BCUT2D eigenvalue weighted by atomic mass is 35.5. The minimum absolute atomic E-state index is 0.0340. The van der Waals surface area contributed by atoms with Crippen LogP contribution in [-0.2, 0) is 0 Å².